The molecular formula is C15H15ClN2O2. The summed E-state index contributed by atoms with van der Waals surface area (Å²) in [5.41, 5.74) is 1.03. The molecule has 2 aliphatic rings. The molecule has 5 heteroatoms. The predicted octanol–water partition coefficient (Wildman–Crippen LogP) is 3.12. The molecule has 0 amide bonds. The molecule has 20 heavy (non-hydrogen) atoms. The van der Waals surface area contributed by atoms with Crippen LogP contribution in [0.25, 0.3) is 0 Å². The number of nitrogens with one attached hydrogen (secondary N) is 1. The van der Waals surface area contributed by atoms with Gasteiger partial charge in [-0.05, 0) is 43.2 Å². The molecule has 0 aliphatic heterocycles. The van der Waals surface area contributed by atoms with Gasteiger partial charge in [0.15, 0.2) is 0 Å². The van der Waals surface area contributed by atoms with Gasteiger partial charge in [0.1, 0.15) is 6.07 Å². The standard InChI is InChI=1S/C15H15ClN2O2/c16-11-2-1-3-12(10(11)7-17)18-14-9-5-4-8(6-9)13(14)15(19)20/h1-3,8-9,13-14,18H,4-6H2,(H,19,20). The Labute approximate surface area is 122 Å². The number of halogens is 1. The molecule has 0 spiro atoms. The maximum atomic E-state index is 11.5. The van der Waals surface area contributed by atoms with E-state index in [1.807, 2.05) is 0 Å². The van der Waals surface area contributed by atoms with Crippen LogP contribution in [0.4, 0.5) is 5.69 Å². The molecule has 2 fully saturated rings. The third-order valence-corrected chi connectivity index (χ3v) is 4.96. The van der Waals surface area contributed by atoms with E-state index in [0.29, 0.717) is 22.2 Å². The van der Waals surface area contributed by atoms with Crippen LogP contribution in [0.1, 0.15) is 24.8 Å². The first-order chi connectivity index (χ1) is 9.61. The first-order valence-electron chi connectivity index (χ1n) is 6.79. The molecule has 4 atom stereocenters. The van der Waals surface area contributed by atoms with Crippen LogP contribution in [0, 0.1) is 29.1 Å². The zero-order valence-corrected chi connectivity index (χ0v) is 11.6. The molecule has 0 radical (unpaired) electrons. The fourth-order valence-corrected chi connectivity index (χ4v) is 4.01. The van der Waals surface area contributed by atoms with Crippen molar-refractivity contribution >= 4 is 23.3 Å². The van der Waals surface area contributed by atoms with Crippen LogP contribution in [0.3, 0.4) is 0 Å². The molecule has 4 unspecified atom stereocenters. The molecule has 2 saturated carbocycles. The highest BCUT2D eigenvalue weighted by molar-refractivity contribution is 6.32. The van der Waals surface area contributed by atoms with Crippen LogP contribution in [0.15, 0.2) is 18.2 Å². The number of hydrogen-bond acceptors (Lipinski definition) is 3. The van der Waals surface area contributed by atoms with Gasteiger partial charge in [0.25, 0.3) is 0 Å². The normalized spacial score (nSPS) is 31.0. The summed E-state index contributed by atoms with van der Waals surface area (Å²) in [5, 5.41) is 22.3. The third kappa shape index (κ3) is 2.03. The molecule has 3 rings (SSSR count). The van der Waals surface area contributed by atoms with Crippen molar-refractivity contribution < 1.29 is 9.90 Å². The molecular weight excluding hydrogens is 276 g/mol. The summed E-state index contributed by atoms with van der Waals surface area (Å²) >= 11 is 6.01. The SMILES string of the molecule is N#Cc1c(Cl)cccc1NC1C2CCC(C2)C1C(=O)O. The number of carboxylic acid groups (broad SMARTS) is 1. The van der Waals surface area contributed by atoms with Crippen molar-refractivity contribution in [3.8, 4) is 6.07 Å². The Kier molecular flexibility index (Phi) is 3.31. The van der Waals surface area contributed by atoms with Gasteiger partial charge in [0.05, 0.1) is 22.2 Å². The highest BCUT2D eigenvalue weighted by Crippen LogP contribution is 2.49. The van der Waals surface area contributed by atoms with Gasteiger partial charge in [-0.1, -0.05) is 17.7 Å². The maximum Gasteiger partial charge on any atom is 0.308 e. The van der Waals surface area contributed by atoms with E-state index in [1.54, 1.807) is 18.2 Å². The van der Waals surface area contributed by atoms with Crippen LogP contribution < -0.4 is 5.32 Å². The predicted molar refractivity (Wildman–Crippen MR) is 75.5 cm³/mol. The molecule has 0 saturated heterocycles. The monoisotopic (exact) mass is 290 g/mol. The number of nitriles is 1. The van der Waals surface area contributed by atoms with Crippen molar-refractivity contribution in [2.45, 2.75) is 25.3 Å². The lowest BCUT2D eigenvalue weighted by Gasteiger charge is -2.30. The molecule has 2 N–H and O–H groups in total. The summed E-state index contributed by atoms with van der Waals surface area (Å²) in [7, 11) is 0. The quantitative estimate of drug-likeness (QED) is 0.897. The highest BCUT2D eigenvalue weighted by Gasteiger charge is 2.51. The first-order valence-corrected chi connectivity index (χ1v) is 7.17. The number of carbonyl (C=O) groups is 1. The molecule has 1 aromatic rings. The minimum Gasteiger partial charge on any atom is -0.481 e. The Hall–Kier alpha value is -1.73. The largest absolute Gasteiger partial charge is 0.481 e. The highest BCUT2D eigenvalue weighted by atomic mass is 35.5. The summed E-state index contributed by atoms with van der Waals surface area (Å²) in [6.45, 7) is 0. The Morgan fingerprint density at radius 2 is 2.15 bits per heavy atom. The molecule has 0 aromatic heterocycles. The number of anilines is 1. The van der Waals surface area contributed by atoms with E-state index in [9.17, 15) is 15.2 Å². The minimum absolute atomic E-state index is 0.100. The van der Waals surface area contributed by atoms with E-state index < -0.39 is 5.97 Å². The summed E-state index contributed by atoms with van der Waals surface area (Å²) in [5.74, 6) is -0.458. The number of benzene rings is 1. The van der Waals surface area contributed by atoms with E-state index >= 15 is 0 Å². The summed E-state index contributed by atoms with van der Waals surface area (Å²) in [4.78, 5) is 11.5. The Morgan fingerprint density at radius 3 is 2.85 bits per heavy atom. The topological polar surface area (TPSA) is 73.1 Å². The van der Waals surface area contributed by atoms with E-state index in [1.165, 1.54) is 0 Å². The number of carboxylic acids is 1. The van der Waals surface area contributed by atoms with Crippen LogP contribution in [-0.4, -0.2) is 17.1 Å². The van der Waals surface area contributed by atoms with Crippen molar-refractivity contribution in [1.82, 2.24) is 0 Å². The van der Waals surface area contributed by atoms with Crippen LogP contribution in [0.2, 0.25) is 5.02 Å². The van der Waals surface area contributed by atoms with E-state index in [-0.39, 0.29) is 17.9 Å². The van der Waals surface area contributed by atoms with Crippen molar-refractivity contribution in [3.63, 3.8) is 0 Å². The average molecular weight is 291 g/mol. The number of nitrogens with zero attached hydrogens (tertiary/aromatic N) is 1. The van der Waals surface area contributed by atoms with Gasteiger partial charge in [0, 0.05) is 6.04 Å². The molecule has 4 nitrogen and oxygen atoms in total. The zero-order valence-electron chi connectivity index (χ0n) is 10.8. The third-order valence-electron chi connectivity index (χ3n) is 4.65. The van der Waals surface area contributed by atoms with Gasteiger partial charge < -0.3 is 10.4 Å². The summed E-state index contributed by atoms with van der Waals surface area (Å²) in [6, 6.07) is 7.21. The van der Waals surface area contributed by atoms with Crippen LogP contribution >= 0.6 is 11.6 Å². The second-order valence-electron chi connectivity index (χ2n) is 5.64. The summed E-state index contributed by atoms with van der Waals surface area (Å²) < 4.78 is 0. The lowest BCUT2D eigenvalue weighted by molar-refractivity contribution is -0.143. The van der Waals surface area contributed by atoms with Gasteiger partial charge in [-0.2, -0.15) is 5.26 Å². The second kappa shape index (κ2) is 4.99. The Morgan fingerprint density at radius 1 is 1.40 bits per heavy atom. The first kappa shape index (κ1) is 13.3. The van der Waals surface area contributed by atoms with Gasteiger partial charge >= 0.3 is 5.97 Å². The van der Waals surface area contributed by atoms with E-state index in [4.69, 9.17) is 11.6 Å². The molecule has 0 heterocycles. The molecule has 1 aromatic carbocycles. The number of rotatable bonds is 3. The minimum atomic E-state index is -0.741. The Balaban J connectivity index is 1.90. The van der Waals surface area contributed by atoms with Gasteiger partial charge in [0.2, 0.25) is 0 Å². The van der Waals surface area contributed by atoms with Crippen molar-refractivity contribution in [2.24, 2.45) is 17.8 Å². The number of hydrogen-bond donors (Lipinski definition) is 2. The van der Waals surface area contributed by atoms with Crippen molar-refractivity contribution in [3.05, 3.63) is 28.8 Å². The van der Waals surface area contributed by atoms with Gasteiger partial charge in [-0.25, -0.2) is 0 Å². The lowest BCUT2D eigenvalue weighted by Crippen LogP contribution is -2.39. The van der Waals surface area contributed by atoms with Crippen molar-refractivity contribution in [1.29, 1.82) is 5.26 Å². The molecule has 2 bridgehead atoms. The van der Waals surface area contributed by atoms with E-state index in [0.717, 1.165) is 19.3 Å². The fourth-order valence-electron chi connectivity index (χ4n) is 3.79. The Bertz CT molecular complexity index is 596. The molecule has 2 aliphatic carbocycles. The zero-order chi connectivity index (χ0) is 14.3. The van der Waals surface area contributed by atoms with E-state index in [2.05, 4.69) is 11.4 Å². The average Bonchev–Trinajstić information content (AvgIpc) is 2.99. The number of aliphatic carboxylic acids is 1. The van der Waals surface area contributed by atoms with Crippen LogP contribution in [0.5, 0.6) is 0 Å². The lowest BCUT2D eigenvalue weighted by atomic mass is 9.84. The maximum absolute atomic E-state index is 11.5. The van der Waals surface area contributed by atoms with Gasteiger partial charge in [-0.3, -0.25) is 4.79 Å². The fraction of sp³-hybridized carbons (Fsp3) is 0.467. The number of fused-ring (bicyclic) bond motifs is 2. The van der Waals surface area contributed by atoms with Gasteiger partial charge in [-0.15, -0.1) is 0 Å². The second-order valence-corrected chi connectivity index (χ2v) is 6.05. The van der Waals surface area contributed by atoms with Crippen LogP contribution in [-0.2, 0) is 4.79 Å². The smallest absolute Gasteiger partial charge is 0.308 e. The van der Waals surface area contributed by atoms with Crippen molar-refractivity contribution in [2.75, 3.05) is 5.32 Å². The molecule has 104 valence electrons. The summed E-state index contributed by atoms with van der Waals surface area (Å²) in [6.07, 6.45) is 3.03.